The Labute approximate surface area is 135 Å². The van der Waals surface area contributed by atoms with Crippen molar-refractivity contribution in [3.63, 3.8) is 0 Å². The molecule has 1 heterocycles. The normalized spacial score (nSPS) is 17.4. The summed E-state index contributed by atoms with van der Waals surface area (Å²) in [7, 11) is 0. The summed E-state index contributed by atoms with van der Waals surface area (Å²) in [6, 6.07) is 10.2. The summed E-state index contributed by atoms with van der Waals surface area (Å²) in [6.45, 7) is 2.19. The number of rotatable bonds is 6. The maximum Gasteiger partial charge on any atom is 0.263 e. The van der Waals surface area contributed by atoms with Crippen LogP contribution < -0.4 is 5.32 Å². The van der Waals surface area contributed by atoms with Gasteiger partial charge >= 0.3 is 0 Å². The fraction of sp³-hybridized carbons (Fsp3) is 0.294. The molecule has 0 atom stereocenters. The average Bonchev–Trinajstić information content (AvgIpc) is 2.78. The fourth-order valence-electron chi connectivity index (χ4n) is 2.12. The number of thiocarbonyl (C=S) groups is 1. The van der Waals surface area contributed by atoms with Gasteiger partial charge in [0.15, 0.2) is 0 Å². The lowest BCUT2D eigenvalue weighted by Crippen LogP contribution is -2.17. The third-order valence-corrected chi connectivity index (χ3v) is 4.34. The molecule has 1 saturated heterocycles. The molecule has 1 aliphatic rings. The molecule has 0 saturated carbocycles. The lowest BCUT2D eigenvalue weighted by Gasteiger charge is -2.04. The van der Waals surface area contributed by atoms with Gasteiger partial charge in [-0.25, -0.2) is 0 Å². The molecule has 1 aromatic carbocycles. The molecule has 2 rings (SSSR count). The van der Waals surface area contributed by atoms with E-state index in [4.69, 9.17) is 12.2 Å². The van der Waals surface area contributed by atoms with Crippen LogP contribution in [0.25, 0.3) is 6.08 Å². The van der Waals surface area contributed by atoms with Gasteiger partial charge in [-0.2, -0.15) is 0 Å². The number of benzene rings is 1. The fourth-order valence-corrected chi connectivity index (χ4v) is 3.18. The molecule has 2 nitrogen and oxygen atoms in total. The number of nitrogens with one attached hydrogen (secondary N) is 1. The van der Waals surface area contributed by atoms with Gasteiger partial charge in [0.05, 0.1) is 4.91 Å². The van der Waals surface area contributed by atoms with Crippen molar-refractivity contribution in [1.82, 2.24) is 5.32 Å². The van der Waals surface area contributed by atoms with Gasteiger partial charge in [-0.3, -0.25) is 4.79 Å². The zero-order valence-corrected chi connectivity index (χ0v) is 13.7. The van der Waals surface area contributed by atoms with Crippen LogP contribution >= 0.6 is 24.0 Å². The Kier molecular flexibility index (Phi) is 6.21. The highest BCUT2D eigenvalue weighted by Crippen LogP contribution is 2.27. The molecule has 0 unspecified atom stereocenters. The predicted octanol–water partition coefficient (Wildman–Crippen LogP) is 4.68. The number of carbonyl (C=O) groups is 1. The van der Waals surface area contributed by atoms with E-state index in [0.717, 1.165) is 18.4 Å². The average molecular weight is 317 g/mol. The maximum atomic E-state index is 11.8. The highest BCUT2D eigenvalue weighted by molar-refractivity contribution is 8.26. The largest absolute Gasteiger partial charge is 0.307 e. The van der Waals surface area contributed by atoms with Crippen LogP contribution in [0.5, 0.6) is 0 Å². The van der Waals surface area contributed by atoms with Gasteiger partial charge in [-0.05, 0) is 30.1 Å². The summed E-state index contributed by atoms with van der Waals surface area (Å²) in [5.41, 5.74) is 2.34. The number of hydrogen-bond donors (Lipinski definition) is 1. The van der Waals surface area contributed by atoms with Crippen LogP contribution in [0.3, 0.4) is 0 Å². The van der Waals surface area contributed by atoms with Gasteiger partial charge in [0.25, 0.3) is 5.91 Å². The number of amides is 1. The van der Waals surface area contributed by atoms with Gasteiger partial charge in [0.1, 0.15) is 4.32 Å². The zero-order valence-electron chi connectivity index (χ0n) is 12.1. The molecule has 0 aliphatic carbocycles. The van der Waals surface area contributed by atoms with Crippen LogP contribution in [0.2, 0.25) is 0 Å². The SMILES string of the molecule is CCCCCC(/C=C1\SC(=S)NC1=O)=C\c1ccccc1. The summed E-state index contributed by atoms with van der Waals surface area (Å²) in [4.78, 5) is 12.5. The van der Waals surface area contributed by atoms with Crippen molar-refractivity contribution in [2.75, 3.05) is 0 Å². The van der Waals surface area contributed by atoms with Crippen molar-refractivity contribution < 1.29 is 4.79 Å². The van der Waals surface area contributed by atoms with Gasteiger partial charge < -0.3 is 5.32 Å². The van der Waals surface area contributed by atoms with Crippen LogP contribution in [0, 0.1) is 0 Å². The summed E-state index contributed by atoms with van der Waals surface area (Å²) in [5, 5.41) is 2.66. The molecule has 1 aromatic rings. The van der Waals surface area contributed by atoms with E-state index in [-0.39, 0.29) is 5.91 Å². The molecule has 0 radical (unpaired) electrons. The molecule has 0 spiro atoms. The van der Waals surface area contributed by atoms with Crippen molar-refractivity contribution in [1.29, 1.82) is 0 Å². The van der Waals surface area contributed by atoms with Crippen molar-refractivity contribution >= 4 is 40.3 Å². The Hall–Kier alpha value is -1.39. The minimum atomic E-state index is -0.0838. The molecule has 1 amide bonds. The highest BCUT2D eigenvalue weighted by Gasteiger charge is 2.22. The lowest BCUT2D eigenvalue weighted by atomic mass is 10.0. The van der Waals surface area contributed by atoms with Crippen LogP contribution in [0.4, 0.5) is 0 Å². The van der Waals surface area contributed by atoms with Crippen LogP contribution in [-0.4, -0.2) is 10.2 Å². The van der Waals surface area contributed by atoms with Crippen molar-refractivity contribution in [3.05, 3.63) is 52.4 Å². The van der Waals surface area contributed by atoms with E-state index in [1.807, 2.05) is 24.3 Å². The number of allylic oxidation sites excluding steroid dienone is 2. The van der Waals surface area contributed by atoms with E-state index >= 15 is 0 Å². The zero-order chi connectivity index (χ0) is 15.1. The summed E-state index contributed by atoms with van der Waals surface area (Å²) in [6.07, 6.45) is 8.63. The number of unbranched alkanes of at least 4 members (excludes halogenated alkanes) is 2. The first-order valence-electron chi connectivity index (χ1n) is 7.19. The molecule has 0 aromatic heterocycles. The Morgan fingerprint density at radius 3 is 2.67 bits per heavy atom. The molecule has 4 heteroatoms. The van der Waals surface area contributed by atoms with Crippen LogP contribution in [0.1, 0.15) is 38.2 Å². The lowest BCUT2D eigenvalue weighted by molar-refractivity contribution is -0.115. The van der Waals surface area contributed by atoms with E-state index in [1.54, 1.807) is 0 Å². The Balaban J connectivity index is 2.20. The molecule has 1 fully saturated rings. The Bertz CT molecular complexity index is 576. The summed E-state index contributed by atoms with van der Waals surface area (Å²) < 4.78 is 0.541. The predicted molar refractivity (Wildman–Crippen MR) is 95.0 cm³/mol. The third kappa shape index (κ3) is 5.14. The Morgan fingerprint density at radius 1 is 1.29 bits per heavy atom. The second-order valence-corrected chi connectivity index (χ2v) is 6.66. The monoisotopic (exact) mass is 317 g/mol. The minimum Gasteiger partial charge on any atom is -0.307 e. The second-order valence-electron chi connectivity index (χ2n) is 4.94. The van der Waals surface area contributed by atoms with Gasteiger partial charge in [-0.1, -0.05) is 80.2 Å². The molecule has 0 bridgehead atoms. The van der Waals surface area contributed by atoms with Crippen molar-refractivity contribution in [2.45, 2.75) is 32.6 Å². The van der Waals surface area contributed by atoms with E-state index in [0.29, 0.717) is 9.23 Å². The quantitative estimate of drug-likeness (QED) is 0.469. The number of carbonyl (C=O) groups excluding carboxylic acids is 1. The summed E-state index contributed by atoms with van der Waals surface area (Å²) >= 11 is 6.38. The number of hydrogen-bond acceptors (Lipinski definition) is 3. The van der Waals surface area contributed by atoms with Crippen molar-refractivity contribution in [3.8, 4) is 0 Å². The molecular weight excluding hydrogens is 298 g/mol. The van der Waals surface area contributed by atoms with E-state index in [1.165, 1.54) is 30.2 Å². The van der Waals surface area contributed by atoms with Crippen molar-refractivity contribution in [2.24, 2.45) is 0 Å². The first-order valence-corrected chi connectivity index (χ1v) is 8.42. The topological polar surface area (TPSA) is 29.1 Å². The highest BCUT2D eigenvalue weighted by atomic mass is 32.2. The minimum absolute atomic E-state index is 0.0838. The first-order chi connectivity index (χ1) is 10.2. The second kappa shape index (κ2) is 8.15. The molecule has 21 heavy (non-hydrogen) atoms. The smallest absolute Gasteiger partial charge is 0.263 e. The third-order valence-electron chi connectivity index (χ3n) is 3.18. The summed E-state index contributed by atoms with van der Waals surface area (Å²) in [5.74, 6) is -0.0838. The standard InChI is InChI=1S/C17H19NOS2/c1-2-3-5-10-14(11-13-8-6-4-7-9-13)12-15-16(19)18-17(20)21-15/h4,6-9,11-12H,2-3,5,10H2,1H3,(H,18,19,20)/b14-11+,15-12-. The molecular formula is C17H19NOS2. The van der Waals surface area contributed by atoms with E-state index in [9.17, 15) is 4.79 Å². The van der Waals surface area contributed by atoms with Gasteiger partial charge in [-0.15, -0.1) is 0 Å². The van der Waals surface area contributed by atoms with Gasteiger partial charge in [0, 0.05) is 0 Å². The molecule has 110 valence electrons. The first kappa shape index (κ1) is 16.0. The molecule has 1 N–H and O–H groups in total. The van der Waals surface area contributed by atoms with Crippen LogP contribution in [0.15, 0.2) is 46.9 Å². The van der Waals surface area contributed by atoms with E-state index < -0.39 is 0 Å². The molecule has 1 aliphatic heterocycles. The van der Waals surface area contributed by atoms with E-state index in [2.05, 4.69) is 30.4 Å². The van der Waals surface area contributed by atoms with Gasteiger partial charge in [0.2, 0.25) is 0 Å². The Morgan fingerprint density at radius 2 is 2.05 bits per heavy atom. The maximum absolute atomic E-state index is 11.8. The van der Waals surface area contributed by atoms with Crippen LogP contribution in [-0.2, 0) is 4.79 Å². The number of thioether (sulfide) groups is 1.